The molecule has 0 amide bonds. The number of sulfonamides is 1. The van der Waals surface area contributed by atoms with E-state index in [2.05, 4.69) is 10.3 Å². The predicted molar refractivity (Wildman–Crippen MR) is 58.1 cm³/mol. The minimum atomic E-state index is -3.53. The fourth-order valence-electron chi connectivity index (χ4n) is 0.871. The first-order valence-corrected chi connectivity index (χ1v) is 5.87. The summed E-state index contributed by atoms with van der Waals surface area (Å²) in [4.78, 5) is 2.39. The maximum atomic E-state index is 11.6. The van der Waals surface area contributed by atoms with Gasteiger partial charge in [0.2, 0.25) is 0 Å². The first kappa shape index (κ1) is 11.8. The van der Waals surface area contributed by atoms with Crippen molar-refractivity contribution in [1.29, 1.82) is 5.41 Å². The third-order valence-electron chi connectivity index (χ3n) is 1.72. The number of rotatable bonds is 5. The molecule has 1 rings (SSSR count). The van der Waals surface area contributed by atoms with Crippen molar-refractivity contribution in [1.82, 2.24) is 10.3 Å². The number of hydrogen-bond donors (Lipinski definition) is 3. The Morgan fingerprint density at radius 3 is 2.47 bits per heavy atom. The highest BCUT2D eigenvalue weighted by Crippen LogP contribution is 2.05. The zero-order valence-electron chi connectivity index (χ0n) is 8.27. The van der Waals surface area contributed by atoms with Gasteiger partial charge in [-0.2, -0.15) is 0 Å². The van der Waals surface area contributed by atoms with Crippen molar-refractivity contribution in [2.45, 2.75) is 17.9 Å². The molecular formula is C9H13N3O2S. The van der Waals surface area contributed by atoms with E-state index in [0.29, 0.717) is 0 Å². The quantitative estimate of drug-likeness (QED) is 0.506. The summed E-state index contributed by atoms with van der Waals surface area (Å²) in [7, 11) is -3.53. The van der Waals surface area contributed by atoms with Crippen LogP contribution in [0.15, 0.2) is 35.2 Å². The van der Waals surface area contributed by atoms with E-state index in [1.807, 2.05) is 0 Å². The zero-order chi connectivity index (χ0) is 11.3. The number of hydrazine groups is 1. The van der Waals surface area contributed by atoms with E-state index in [9.17, 15) is 8.42 Å². The maximum Gasteiger partial charge on any atom is 0.253 e. The minimum absolute atomic E-state index is 0.190. The molecule has 0 aliphatic rings. The lowest BCUT2D eigenvalue weighted by molar-refractivity contribution is 0.549. The molecule has 0 radical (unpaired) electrons. The van der Waals surface area contributed by atoms with Gasteiger partial charge in [-0.3, -0.25) is 0 Å². The summed E-state index contributed by atoms with van der Waals surface area (Å²) in [6.45, 7) is 1.67. The van der Waals surface area contributed by atoms with Crippen LogP contribution in [0.3, 0.4) is 0 Å². The van der Waals surface area contributed by atoms with Gasteiger partial charge in [-0.05, 0) is 19.1 Å². The molecule has 1 aromatic rings. The highest BCUT2D eigenvalue weighted by molar-refractivity contribution is 7.89. The lowest BCUT2D eigenvalue weighted by Gasteiger charge is -2.10. The van der Waals surface area contributed by atoms with Crippen molar-refractivity contribution < 1.29 is 8.42 Å². The van der Waals surface area contributed by atoms with Crippen molar-refractivity contribution in [3.05, 3.63) is 30.3 Å². The minimum Gasteiger partial charge on any atom is -0.311 e. The largest absolute Gasteiger partial charge is 0.311 e. The van der Waals surface area contributed by atoms with Gasteiger partial charge in [0.15, 0.2) is 0 Å². The van der Waals surface area contributed by atoms with E-state index in [1.54, 1.807) is 25.1 Å². The standard InChI is InChI=1S/C9H13N3O2S/c1-8(7-10)11-12-15(13,14)9-5-3-2-4-6-9/h2-8,10-12H,1H3. The van der Waals surface area contributed by atoms with Crippen LogP contribution in [-0.4, -0.2) is 20.7 Å². The second kappa shape index (κ2) is 5.01. The van der Waals surface area contributed by atoms with Gasteiger partial charge in [0.25, 0.3) is 10.0 Å². The fourth-order valence-corrected chi connectivity index (χ4v) is 1.85. The fraction of sp³-hybridized carbons (Fsp3) is 0.222. The van der Waals surface area contributed by atoms with E-state index in [1.165, 1.54) is 12.1 Å². The molecule has 1 atom stereocenters. The van der Waals surface area contributed by atoms with Crippen LogP contribution < -0.4 is 10.3 Å². The molecule has 82 valence electrons. The molecule has 0 fully saturated rings. The molecule has 0 spiro atoms. The van der Waals surface area contributed by atoms with Crippen molar-refractivity contribution in [3.8, 4) is 0 Å². The van der Waals surface area contributed by atoms with Crippen molar-refractivity contribution in [2.24, 2.45) is 0 Å². The highest BCUT2D eigenvalue weighted by atomic mass is 32.2. The molecule has 0 saturated carbocycles. The second-order valence-corrected chi connectivity index (χ2v) is 4.70. The molecule has 0 aliphatic heterocycles. The van der Waals surface area contributed by atoms with E-state index in [0.717, 1.165) is 6.21 Å². The average Bonchev–Trinajstić information content (AvgIpc) is 2.27. The van der Waals surface area contributed by atoms with E-state index < -0.39 is 10.0 Å². The summed E-state index contributed by atoms with van der Waals surface area (Å²) < 4.78 is 23.2. The van der Waals surface area contributed by atoms with Gasteiger partial charge in [-0.15, -0.1) is 4.83 Å². The molecule has 15 heavy (non-hydrogen) atoms. The van der Waals surface area contributed by atoms with Crippen LogP contribution in [0.25, 0.3) is 0 Å². The Kier molecular flexibility index (Phi) is 3.96. The highest BCUT2D eigenvalue weighted by Gasteiger charge is 2.12. The van der Waals surface area contributed by atoms with Crippen LogP contribution in [-0.2, 0) is 10.0 Å². The predicted octanol–water partition coefficient (Wildman–Crippen LogP) is 0.508. The first-order valence-electron chi connectivity index (χ1n) is 4.39. The number of hydrogen-bond acceptors (Lipinski definition) is 4. The van der Waals surface area contributed by atoms with Gasteiger partial charge >= 0.3 is 0 Å². The van der Waals surface area contributed by atoms with Gasteiger partial charge in [0.05, 0.1) is 10.9 Å². The van der Waals surface area contributed by atoms with Crippen molar-refractivity contribution in [3.63, 3.8) is 0 Å². The Labute approximate surface area is 89.0 Å². The first-order chi connectivity index (χ1) is 7.06. The summed E-state index contributed by atoms with van der Waals surface area (Å²) in [5.41, 5.74) is 2.49. The Hall–Kier alpha value is -1.24. The molecule has 6 heteroatoms. The van der Waals surface area contributed by atoms with Gasteiger partial charge in [0, 0.05) is 6.21 Å². The topological polar surface area (TPSA) is 82.1 Å². The number of nitrogens with one attached hydrogen (secondary N) is 3. The lowest BCUT2D eigenvalue weighted by atomic mass is 10.4. The average molecular weight is 227 g/mol. The van der Waals surface area contributed by atoms with Crippen LogP contribution in [0, 0.1) is 5.41 Å². The molecule has 0 saturated heterocycles. The Morgan fingerprint density at radius 1 is 1.33 bits per heavy atom. The van der Waals surface area contributed by atoms with Crippen LogP contribution in [0.1, 0.15) is 6.92 Å². The molecular weight excluding hydrogens is 214 g/mol. The Morgan fingerprint density at radius 2 is 1.93 bits per heavy atom. The smallest absolute Gasteiger partial charge is 0.253 e. The van der Waals surface area contributed by atoms with E-state index in [4.69, 9.17) is 5.41 Å². The molecule has 5 nitrogen and oxygen atoms in total. The third-order valence-corrected chi connectivity index (χ3v) is 3.00. The van der Waals surface area contributed by atoms with Gasteiger partial charge in [-0.1, -0.05) is 18.2 Å². The monoisotopic (exact) mass is 227 g/mol. The van der Waals surface area contributed by atoms with Crippen LogP contribution >= 0.6 is 0 Å². The summed E-state index contributed by atoms with van der Waals surface area (Å²) in [6.07, 6.45) is 1.10. The molecule has 1 unspecified atom stereocenters. The van der Waals surface area contributed by atoms with Gasteiger partial charge in [-0.25, -0.2) is 13.8 Å². The molecule has 0 aromatic heterocycles. The summed E-state index contributed by atoms with van der Waals surface area (Å²) >= 11 is 0. The maximum absolute atomic E-state index is 11.6. The van der Waals surface area contributed by atoms with Crippen LogP contribution in [0.5, 0.6) is 0 Å². The summed E-state index contributed by atoms with van der Waals surface area (Å²) in [5.74, 6) is 0. The molecule has 0 aliphatic carbocycles. The van der Waals surface area contributed by atoms with E-state index in [-0.39, 0.29) is 10.9 Å². The molecule has 0 heterocycles. The normalized spacial score (nSPS) is 13.4. The van der Waals surface area contributed by atoms with Crippen molar-refractivity contribution in [2.75, 3.05) is 0 Å². The van der Waals surface area contributed by atoms with Gasteiger partial charge < -0.3 is 5.41 Å². The lowest BCUT2D eigenvalue weighted by Crippen LogP contribution is -2.43. The summed E-state index contributed by atoms with van der Waals surface area (Å²) in [6, 6.07) is 7.69. The van der Waals surface area contributed by atoms with Crippen LogP contribution in [0.2, 0.25) is 0 Å². The molecule has 1 aromatic carbocycles. The van der Waals surface area contributed by atoms with Crippen molar-refractivity contribution >= 4 is 16.2 Å². The Balaban J connectivity index is 2.73. The third kappa shape index (κ3) is 3.43. The zero-order valence-corrected chi connectivity index (χ0v) is 9.08. The second-order valence-electron chi connectivity index (χ2n) is 3.02. The number of benzene rings is 1. The molecule has 3 N–H and O–H groups in total. The SMILES string of the molecule is CC(C=N)NNS(=O)(=O)c1ccccc1. The Bertz CT molecular complexity index is 416. The van der Waals surface area contributed by atoms with Gasteiger partial charge in [0.1, 0.15) is 0 Å². The van der Waals surface area contributed by atoms with E-state index >= 15 is 0 Å². The van der Waals surface area contributed by atoms with Crippen LogP contribution in [0.4, 0.5) is 0 Å². The molecule has 0 bridgehead atoms. The summed E-state index contributed by atoms with van der Waals surface area (Å²) in [5, 5.41) is 6.90.